The van der Waals surface area contributed by atoms with E-state index in [1.54, 1.807) is 6.92 Å². The maximum absolute atomic E-state index is 12.1. The van der Waals surface area contributed by atoms with Crippen LogP contribution in [0, 0.1) is 13.8 Å². The third kappa shape index (κ3) is 2.39. The first-order chi connectivity index (χ1) is 8.52. The summed E-state index contributed by atoms with van der Waals surface area (Å²) in [6, 6.07) is 2.47. The molecule has 0 fully saturated rings. The Kier molecular flexibility index (Phi) is 3.96. The van der Waals surface area contributed by atoms with E-state index in [-0.39, 0.29) is 5.78 Å². The van der Waals surface area contributed by atoms with Gasteiger partial charge in [-0.2, -0.15) is 0 Å². The van der Waals surface area contributed by atoms with Gasteiger partial charge in [0.25, 0.3) is 0 Å². The lowest BCUT2D eigenvalue weighted by atomic mass is 10.0. The van der Waals surface area contributed by atoms with Gasteiger partial charge < -0.3 is 4.57 Å². The number of hydrogen-bond acceptors (Lipinski definition) is 1. The highest BCUT2D eigenvalue weighted by Gasteiger charge is 2.22. The molecule has 18 heavy (non-hydrogen) atoms. The highest BCUT2D eigenvalue weighted by atomic mass is 35.5. The van der Waals surface area contributed by atoms with E-state index in [0.717, 1.165) is 36.2 Å². The van der Waals surface area contributed by atoms with Crippen molar-refractivity contribution in [2.24, 2.45) is 0 Å². The summed E-state index contributed by atoms with van der Waals surface area (Å²) in [7, 11) is 0. The van der Waals surface area contributed by atoms with Gasteiger partial charge in [-0.05, 0) is 46.1 Å². The van der Waals surface area contributed by atoms with Crippen LogP contribution in [0.5, 0.6) is 0 Å². The summed E-state index contributed by atoms with van der Waals surface area (Å²) in [5.74, 6) is 0.0300. The molecule has 1 aliphatic carbocycles. The van der Waals surface area contributed by atoms with Gasteiger partial charge in [0.2, 0.25) is 0 Å². The lowest BCUT2D eigenvalue weighted by Crippen LogP contribution is -2.15. The van der Waals surface area contributed by atoms with Crippen molar-refractivity contribution in [1.29, 1.82) is 0 Å². The molecule has 0 saturated heterocycles. The van der Waals surface area contributed by atoms with Crippen molar-refractivity contribution in [3.8, 4) is 0 Å². The standard InChI is InChI=1S/C15H20ClNO/c1-10-9-14(15(18)11(2)16)12(3)17(10)13-7-5-4-6-8-13/h4-5,9,11,13H,6-8H2,1-3H3. The molecule has 1 aromatic heterocycles. The molecule has 0 N–H and O–H groups in total. The summed E-state index contributed by atoms with van der Waals surface area (Å²) in [6.07, 6.45) is 7.80. The number of alkyl halides is 1. The smallest absolute Gasteiger partial charge is 0.182 e. The molecular formula is C15H20ClNO. The Morgan fingerprint density at radius 3 is 2.72 bits per heavy atom. The maximum Gasteiger partial charge on any atom is 0.182 e. The molecule has 2 atom stereocenters. The fourth-order valence-corrected chi connectivity index (χ4v) is 2.93. The number of aromatic nitrogens is 1. The van der Waals surface area contributed by atoms with Crippen LogP contribution >= 0.6 is 11.6 Å². The quantitative estimate of drug-likeness (QED) is 0.456. The van der Waals surface area contributed by atoms with Crippen molar-refractivity contribution in [3.63, 3.8) is 0 Å². The Hall–Kier alpha value is -1.02. The molecule has 0 saturated carbocycles. The number of allylic oxidation sites excluding steroid dienone is 2. The van der Waals surface area contributed by atoms with Gasteiger partial charge in [-0.1, -0.05) is 12.2 Å². The van der Waals surface area contributed by atoms with E-state index in [0.29, 0.717) is 6.04 Å². The number of Topliss-reactive ketones (excluding diaryl/α,β-unsaturated/α-hetero) is 1. The Balaban J connectivity index is 2.37. The average molecular weight is 266 g/mol. The van der Waals surface area contributed by atoms with Crippen LogP contribution < -0.4 is 0 Å². The van der Waals surface area contributed by atoms with Crippen LogP contribution in [-0.2, 0) is 0 Å². The van der Waals surface area contributed by atoms with Gasteiger partial charge in [0.05, 0.1) is 5.38 Å². The van der Waals surface area contributed by atoms with Crippen molar-refractivity contribution < 1.29 is 4.79 Å². The number of nitrogens with zero attached hydrogens (tertiary/aromatic N) is 1. The first kappa shape index (κ1) is 13.4. The molecule has 0 bridgehead atoms. The summed E-state index contributed by atoms with van der Waals surface area (Å²) in [5, 5.41) is -0.454. The van der Waals surface area contributed by atoms with Crippen LogP contribution in [0.1, 0.15) is 54.0 Å². The fourth-order valence-electron chi connectivity index (χ4n) is 2.81. The monoisotopic (exact) mass is 265 g/mol. The van der Waals surface area contributed by atoms with Gasteiger partial charge in [0.1, 0.15) is 0 Å². The summed E-state index contributed by atoms with van der Waals surface area (Å²) in [4.78, 5) is 12.1. The van der Waals surface area contributed by atoms with Crippen molar-refractivity contribution in [1.82, 2.24) is 4.57 Å². The van der Waals surface area contributed by atoms with E-state index in [1.807, 2.05) is 13.0 Å². The third-order valence-corrected chi connectivity index (χ3v) is 3.92. The SMILES string of the molecule is Cc1cc(C(=O)C(C)Cl)c(C)n1C1CC=CCC1. The van der Waals surface area contributed by atoms with Crippen molar-refractivity contribution in [2.75, 3.05) is 0 Å². The van der Waals surface area contributed by atoms with E-state index >= 15 is 0 Å². The fraction of sp³-hybridized carbons (Fsp3) is 0.533. The molecule has 3 heteroatoms. The number of hydrogen-bond donors (Lipinski definition) is 0. The first-order valence-corrected chi connectivity index (χ1v) is 6.97. The molecule has 2 unspecified atom stereocenters. The zero-order valence-corrected chi connectivity index (χ0v) is 12.0. The predicted molar refractivity (Wildman–Crippen MR) is 75.6 cm³/mol. The highest BCUT2D eigenvalue weighted by Crippen LogP contribution is 2.29. The van der Waals surface area contributed by atoms with Gasteiger partial charge in [-0.15, -0.1) is 11.6 Å². The zero-order chi connectivity index (χ0) is 13.3. The Bertz CT molecular complexity index is 485. The summed E-state index contributed by atoms with van der Waals surface area (Å²) < 4.78 is 2.30. The van der Waals surface area contributed by atoms with E-state index in [1.165, 1.54) is 0 Å². The highest BCUT2D eigenvalue weighted by molar-refractivity contribution is 6.33. The van der Waals surface area contributed by atoms with Crippen LogP contribution in [-0.4, -0.2) is 15.7 Å². The number of carbonyl (C=O) groups is 1. The van der Waals surface area contributed by atoms with Crippen LogP contribution in [0.25, 0.3) is 0 Å². The molecule has 0 radical (unpaired) electrons. The third-order valence-electron chi connectivity index (χ3n) is 3.72. The molecule has 0 spiro atoms. The Morgan fingerprint density at radius 1 is 1.44 bits per heavy atom. The normalized spacial score (nSPS) is 21.0. The second-order valence-electron chi connectivity index (χ2n) is 5.07. The number of halogens is 1. The van der Waals surface area contributed by atoms with E-state index in [2.05, 4.69) is 23.6 Å². The second kappa shape index (κ2) is 5.31. The molecule has 2 rings (SSSR count). The minimum atomic E-state index is -0.454. The lowest BCUT2D eigenvalue weighted by molar-refractivity contribution is 0.0991. The Labute approximate surface area is 114 Å². The van der Waals surface area contributed by atoms with E-state index < -0.39 is 5.38 Å². The summed E-state index contributed by atoms with van der Waals surface area (Å²) >= 11 is 5.91. The van der Waals surface area contributed by atoms with Crippen LogP contribution in [0.15, 0.2) is 18.2 Å². The molecule has 98 valence electrons. The minimum Gasteiger partial charge on any atom is -0.345 e. The molecular weight excluding hydrogens is 246 g/mol. The van der Waals surface area contributed by atoms with Crippen molar-refractivity contribution in [2.45, 2.75) is 51.5 Å². The number of carbonyl (C=O) groups excluding carboxylic acids is 1. The zero-order valence-electron chi connectivity index (χ0n) is 11.2. The summed E-state index contributed by atoms with van der Waals surface area (Å²) in [5.41, 5.74) is 3.00. The molecule has 1 heterocycles. The van der Waals surface area contributed by atoms with Crippen molar-refractivity contribution in [3.05, 3.63) is 35.2 Å². The largest absolute Gasteiger partial charge is 0.345 e. The molecule has 0 amide bonds. The average Bonchev–Trinajstić information content (AvgIpc) is 2.65. The summed E-state index contributed by atoms with van der Waals surface area (Å²) in [6.45, 7) is 5.83. The van der Waals surface area contributed by atoms with Crippen LogP contribution in [0.2, 0.25) is 0 Å². The van der Waals surface area contributed by atoms with Gasteiger partial charge >= 0.3 is 0 Å². The molecule has 1 aromatic rings. The van der Waals surface area contributed by atoms with Crippen molar-refractivity contribution >= 4 is 17.4 Å². The first-order valence-electron chi connectivity index (χ1n) is 6.54. The van der Waals surface area contributed by atoms with Gasteiger partial charge in [0, 0.05) is 23.0 Å². The molecule has 1 aliphatic rings. The molecule has 2 nitrogen and oxygen atoms in total. The van der Waals surface area contributed by atoms with Crippen LogP contribution in [0.4, 0.5) is 0 Å². The van der Waals surface area contributed by atoms with Crippen LogP contribution in [0.3, 0.4) is 0 Å². The lowest BCUT2D eigenvalue weighted by Gasteiger charge is -2.23. The van der Waals surface area contributed by atoms with E-state index in [4.69, 9.17) is 11.6 Å². The molecule has 0 aliphatic heterocycles. The van der Waals surface area contributed by atoms with Gasteiger partial charge in [-0.25, -0.2) is 0 Å². The van der Waals surface area contributed by atoms with Gasteiger partial charge in [0.15, 0.2) is 5.78 Å². The predicted octanol–water partition coefficient (Wildman–Crippen LogP) is 4.20. The number of ketones is 1. The Morgan fingerprint density at radius 2 is 2.17 bits per heavy atom. The maximum atomic E-state index is 12.1. The topological polar surface area (TPSA) is 22.0 Å². The van der Waals surface area contributed by atoms with E-state index in [9.17, 15) is 4.79 Å². The number of rotatable bonds is 3. The second-order valence-corrected chi connectivity index (χ2v) is 5.73. The molecule has 0 aromatic carbocycles. The van der Waals surface area contributed by atoms with Gasteiger partial charge in [-0.3, -0.25) is 4.79 Å². The number of aryl methyl sites for hydroxylation is 1. The minimum absolute atomic E-state index is 0.0300.